The average Bonchev–Trinajstić information content (AvgIpc) is 3.37. The molecule has 3 heterocycles. The lowest BCUT2D eigenvalue weighted by Gasteiger charge is -2.01. The number of benzene rings is 2. The number of carbonyl (C=O) groups is 1. The molecule has 0 spiro atoms. The SMILES string of the molecule is O=C(Cc1csc2nc(-c3ccccc3)cn12)Nc1nc2ccccc2[nH]1. The first-order valence-corrected chi connectivity index (χ1v) is 9.40. The highest BCUT2D eigenvalue weighted by Gasteiger charge is 2.13. The van der Waals surface area contributed by atoms with Gasteiger partial charge >= 0.3 is 0 Å². The van der Waals surface area contributed by atoms with E-state index in [1.165, 1.54) is 11.3 Å². The zero-order valence-corrected chi connectivity index (χ0v) is 15.0. The molecule has 0 bridgehead atoms. The van der Waals surface area contributed by atoms with E-state index in [9.17, 15) is 4.79 Å². The van der Waals surface area contributed by atoms with E-state index in [0.29, 0.717) is 5.95 Å². The van der Waals surface area contributed by atoms with Crippen LogP contribution in [0.1, 0.15) is 5.69 Å². The van der Waals surface area contributed by atoms with Crippen molar-refractivity contribution >= 4 is 39.2 Å². The van der Waals surface area contributed by atoms with Gasteiger partial charge in [-0.2, -0.15) is 0 Å². The molecular weight excluding hydrogens is 358 g/mol. The number of rotatable bonds is 4. The van der Waals surface area contributed by atoms with E-state index >= 15 is 0 Å². The maximum atomic E-state index is 12.5. The zero-order valence-electron chi connectivity index (χ0n) is 14.2. The first-order valence-electron chi connectivity index (χ1n) is 8.52. The fourth-order valence-corrected chi connectivity index (χ4v) is 3.93. The van der Waals surface area contributed by atoms with Gasteiger partial charge in [-0.05, 0) is 12.1 Å². The predicted octanol–water partition coefficient (Wildman–Crippen LogP) is 4.12. The number of nitrogens with zero attached hydrogens (tertiary/aromatic N) is 3. The maximum Gasteiger partial charge on any atom is 0.232 e. The number of imidazole rings is 2. The van der Waals surface area contributed by atoms with Crippen LogP contribution < -0.4 is 5.32 Å². The van der Waals surface area contributed by atoms with Gasteiger partial charge in [-0.25, -0.2) is 9.97 Å². The molecule has 0 saturated carbocycles. The Bertz CT molecular complexity index is 1220. The first kappa shape index (κ1) is 15.8. The second-order valence-electron chi connectivity index (χ2n) is 6.20. The van der Waals surface area contributed by atoms with Gasteiger partial charge < -0.3 is 4.98 Å². The lowest BCUT2D eigenvalue weighted by atomic mass is 10.2. The molecule has 0 unspecified atom stereocenters. The summed E-state index contributed by atoms with van der Waals surface area (Å²) in [7, 11) is 0. The Morgan fingerprint density at radius 1 is 1.07 bits per heavy atom. The van der Waals surface area contributed by atoms with Crippen LogP contribution in [0.15, 0.2) is 66.2 Å². The summed E-state index contributed by atoms with van der Waals surface area (Å²) >= 11 is 1.53. The molecule has 0 aliphatic carbocycles. The molecule has 0 saturated heterocycles. The van der Waals surface area contributed by atoms with Crippen LogP contribution in [0.4, 0.5) is 5.95 Å². The highest BCUT2D eigenvalue weighted by molar-refractivity contribution is 7.15. The van der Waals surface area contributed by atoms with Crippen molar-refractivity contribution in [1.29, 1.82) is 0 Å². The van der Waals surface area contributed by atoms with Crippen LogP contribution in [0.5, 0.6) is 0 Å². The third-order valence-corrected chi connectivity index (χ3v) is 5.23. The van der Waals surface area contributed by atoms with Crippen LogP contribution in [0.2, 0.25) is 0 Å². The summed E-state index contributed by atoms with van der Waals surface area (Å²) in [5.74, 6) is 0.340. The standard InChI is InChI=1S/C20H15N5OS/c26-18(24-19-21-15-8-4-5-9-16(15)22-19)10-14-12-27-20-23-17(11-25(14)20)13-6-2-1-3-7-13/h1-9,11-12H,10H2,(H2,21,22,24,26). The molecule has 132 valence electrons. The van der Waals surface area contributed by atoms with Crippen molar-refractivity contribution in [3.8, 4) is 11.3 Å². The predicted molar refractivity (Wildman–Crippen MR) is 107 cm³/mol. The smallest absolute Gasteiger partial charge is 0.232 e. The number of hydrogen-bond acceptors (Lipinski definition) is 4. The Labute approximate surface area is 158 Å². The van der Waals surface area contributed by atoms with Crippen molar-refractivity contribution in [2.45, 2.75) is 6.42 Å². The van der Waals surface area contributed by atoms with Crippen molar-refractivity contribution in [2.24, 2.45) is 0 Å². The minimum Gasteiger partial charge on any atom is -0.324 e. The Morgan fingerprint density at radius 3 is 2.74 bits per heavy atom. The molecule has 7 heteroatoms. The van der Waals surface area contributed by atoms with Gasteiger partial charge in [0.2, 0.25) is 11.9 Å². The molecular formula is C20H15N5OS. The van der Waals surface area contributed by atoms with E-state index < -0.39 is 0 Å². The second kappa shape index (κ2) is 6.37. The summed E-state index contributed by atoms with van der Waals surface area (Å²) < 4.78 is 1.98. The summed E-state index contributed by atoms with van der Waals surface area (Å²) in [6.07, 6.45) is 2.23. The summed E-state index contributed by atoms with van der Waals surface area (Å²) in [6, 6.07) is 17.7. The average molecular weight is 373 g/mol. The molecule has 1 amide bonds. The first-order chi connectivity index (χ1) is 13.3. The van der Waals surface area contributed by atoms with Gasteiger partial charge in [-0.15, -0.1) is 11.3 Å². The number of nitrogens with one attached hydrogen (secondary N) is 2. The van der Waals surface area contributed by atoms with Gasteiger partial charge in [0.05, 0.1) is 23.1 Å². The Kier molecular flexibility index (Phi) is 3.72. The zero-order chi connectivity index (χ0) is 18.2. The molecule has 0 aliphatic heterocycles. The van der Waals surface area contributed by atoms with Gasteiger partial charge in [0.1, 0.15) is 0 Å². The quantitative estimate of drug-likeness (QED) is 0.498. The number of aromatic nitrogens is 4. The van der Waals surface area contributed by atoms with Crippen molar-refractivity contribution in [2.75, 3.05) is 5.32 Å². The topological polar surface area (TPSA) is 75.1 Å². The maximum absolute atomic E-state index is 12.5. The number of hydrogen-bond donors (Lipinski definition) is 2. The molecule has 3 aromatic heterocycles. The Hall–Kier alpha value is -3.45. The van der Waals surface area contributed by atoms with Crippen LogP contribution in [-0.2, 0) is 11.2 Å². The molecule has 27 heavy (non-hydrogen) atoms. The lowest BCUT2D eigenvalue weighted by Crippen LogP contribution is -2.16. The minimum absolute atomic E-state index is 0.122. The summed E-state index contributed by atoms with van der Waals surface area (Å²) in [5.41, 5.74) is 4.59. The van der Waals surface area contributed by atoms with Crippen molar-refractivity contribution in [3.05, 3.63) is 71.9 Å². The van der Waals surface area contributed by atoms with E-state index in [-0.39, 0.29) is 12.3 Å². The number of amides is 1. The normalized spacial score (nSPS) is 11.3. The largest absolute Gasteiger partial charge is 0.324 e. The molecule has 2 N–H and O–H groups in total. The van der Waals surface area contributed by atoms with Gasteiger partial charge in [0.25, 0.3) is 0 Å². The second-order valence-corrected chi connectivity index (χ2v) is 7.04. The summed E-state index contributed by atoms with van der Waals surface area (Å²) in [4.78, 5) is 25.5. The molecule has 5 aromatic rings. The molecule has 2 aromatic carbocycles. The van der Waals surface area contributed by atoms with Crippen LogP contribution >= 0.6 is 11.3 Å². The van der Waals surface area contributed by atoms with Gasteiger partial charge in [0, 0.05) is 22.8 Å². The lowest BCUT2D eigenvalue weighted by molar-refractivity contribution is -0.115. The van der Waals surface area contributed by atoms with Crippen LogP contribution in [-0.4, -0.2) is 25.3 Å². The molecule has 6 nitrogen and oxygen atoms in total. The highest BCUT2D eigenvalue weighted by atomic mass is 32.1. The fraction of sp³-hybridized carbons (Fsp3) is 0.0500. The van der Waals surface area contributed by atoms with Crippen molar-refractivity contribution < 1.29 is 4.79 Å². The van der Waals surface area contributed by atoms with Gasteiger partial charge in [0.15, 0.2) is 4.96 Å². The Morgan fingerprint density at radius 2 is 1.89 bits per heavy atom. The van der Waals surface area contributed by atoms with Gasteiger partial charge in [-0.3, -0.25) is 14.5 Å². The summed E-state index contributed by atoms with van der Waals surface area (Å²) in [5, 5.41) is 4.81. The van der Waals surface area contributed by atoms with Crippen molar-refractivity contribution in [3.63, 3.8) is 0 Å². The fourth-order valence-electron chi connectivity index (χ4n) is 3.06. The number of fused-ring (bicyclic) bond motifs is 2. The minimum atomic E-state index is -0.122. The van der Waals surface area contributed by atoms with E-state index in [4.69, 9.17) is 0 Å². The van der Waals surface area contributed by atoms with E-state index in [1.54, 1.807) is 0 Å². The van der Waals surface area contributed by atoms with E-state index in [1.807, 2.05) is 70.6 Å². The van der Waals surface area contributed by atoms with Crippen LogP contribution in [0.3, 0.4) is 0 Å². The molecule has 0 atom stereocenters. The highest BCUT2D eigenvalue weighted by Crippen LogP contribution is 2.24. The number of anilines is 1. The molecule has 0 fully saturated rings. The molecule has 5 rings (SSSR count). The molecule has 0 aliphatic rings. The third kappa shape index (κ3) is 2.98. The monoisotopic (exact) mass is 373 g/mol. The number of H-pyrrole nitrogens is 1. The van der Waals surface area contributed by atoms with E-state index in [2.05, 4.69) is 20.3 Å². The Balaban J connectivity index is 1.37. The van der Waals surface area contributed by atoms with Crippen LogP contribution in [0.25, 0.3) is 27.3 Å². The number of aromatic amines is 1. The number of para-hydroxylation sites is 2. The third-order valence-electron chi connectivity index (χ3n) is 4.34. The summed E-state index contributed by atoms with van der Waals surface area (Å²) in [6.45, 7) is 0. The van der Waals surface area contributed by atoms with Gasteiger partial charge in [-0.1, -0.05) is 42.5 Å². The molecule has 0 radical (unpaired) electrons. The van der Waals surface area contributed by atoms with E-state index in [0.717, 1.165) is 32.9 Å². The van der Waals surface area contributed by atoms with Crippen molar-refractivity contribution in [1.82, 2.24) is 19.4 Å². The van der Waals surface area contributed by atoms with Crippen LogP contribution in [0, 0.1) is 0 Å². The number of carbonyl (C=O) groups excluding carboxylic acids is 1. The number of thiazole rings is 1.